The molecule has 1 aromatic rings. The average molecular weight is 145 g/mol. The van der Waals surface area contributed by atoms with Crippen LogP contribution in [0.2, 0.25) is 0 Å². The molecule has 0 spiro atoms. The smallest absolute Gasteiger partial charge is 0.00489 e. The maximum Gasteiger partial charge on any atom is -0.00489 e. The lowest BCUT2D eigenvalue weighted by molar-refractivity contribution is 0.664. The first-order valence-electron chi connectivity index (χ1n) is 4.34. The summed E-state index contributed by atoms with van der Waals surface area (Å²) in [5, 5.41) is 0. The molecule has 0 aromatic heterocycles. The van der Waals surface area contributed by atoms with E-state index in [1.807, 2.05) is 12.1 Å². The van der Waals surface area contributed by atoms with E-state index in [0.29, 0.717) is 5.41 Å². The summed E-state index contributed by atoms with van der Waals surface area (Å²) in [6.07, 6.45) is 4.05. The molecule has 0 aliphatic heterocycles. The molecule has 11 heavy (non-hydrogen) atoms. The van der Waals surface area contributed by atoms with Gasteiger partial charge in [0.25, 0.3) is 0 Å². The molecule has 2 rings (SSSR count). The number of hydrogen-bond acceptors (Lipinski definition) is 0. The van der Waals surface area contributed by atoms with E-state index >= 15 is 0 Å². The third-order valence-corrected chi connectivity index (χ3v) is 2.86. The Kier molecular flexibility index (Phi) is 1.49. The van der Waals surface area contributed by atoms with E-state index in [4.69, 9.17) is 0 Å². The van der Waals surface area contributed by atoms with Gasteiger partial charge in [-0.1, -0.05) is 31.2 Å². The fraction of sp³-hybridized carbons (Fsp3) is 0.455. The molecule has 1 saturated carbocycles. The van der Waals surface area contributed by atoms with Crippen LogP contribution in [0.4, 0.5) is 0 Å². The van der Waals surface area contributed by atoms with Crippen LogP contribution < -0.4 is 0 Å². The largest absolute Gasteiger partial charge is 0.0645 e. The minimum Gasteiger partial charge on any atom is -0.0645 e. The summed E-state index contributed by atoms with van der Waals surface area (Å²) in [7, 11) is 0. The molecule has 0 heteroatoms. The summed E-state index contributed by atoms with van der Waals surface area (Å²) in [4.78, 5) is 0. The Bertz CT molecular complexity index is 231. The van der Waals surface area contributed by atoms with Crippen molar-refractivity contribution in [2.24, 2.45) is 0 Å². The lowest BCUT2D eigenvalue weighted by Gasteiger charge is -2.11. The van der Waals surface area contributed by atoms with Crippen LogP contribution in [0.25, 0.3) is 0 Å². The van der Waals surface area contributed by atoms with Crippen LogP contribution in [-0.4, -0.2) is 0 Å². The van der Waals surface area contributed by atoms with Crippen LogP contribution in [-0.2, 0) is 5.41 Å². The number of benzene rings is 1. The fourth-order valence-electron chi connectivity index (χ4n) is 1.74. The summed E-state index contributed by atoms with van der Waals surface area (Å²) in [6, 6.07) is 11.5. The molecule has 1 fully saturated rings. The quantitative estimate of drug-likeness (QED) is 0.600. The second kappa shape index (κ2) is 2.37. The van der Waals surface area contributed by atoms with Crippen molar-refractivity contribution in [3.05, 3.63) is 35.9 Å². The van der Waals surface area contributed by atoms with Crippen molar-refractivity contribution in [3.8, 4) is 0 Å². The molecule has 1 radical (unpaired) electrons. The van der Waals surface area contributed by atoms with Gasteiger partial charge < -0.3 is 0 Å². The van der Waals surface area contributed by atoms with E-state index in [1.165, 1.54) is 24.8 Å². The molecular formula is C11H13. The topological polar surface area (TPSA) is 0 Å². The van der Waals surface area contributed by atoms with Gasteiger partial charge in [-0.2, -0.15) is 0 Å². The van der Waals surface area contributed by atoms with Crippen molar-refractivity contribution in [1.29, 1.82) is 0 Å². The summed E-state index contributed by atoms with van der Waals surface area (Å²) in [5.41, 5.74) is 2.08. The lowest BCUT2D eigenvalue weighted by Crippen LogP contribution is -2.02. The van der Waals surface area contributed by atoms with Gasteiger partial charge in [-0.05, 0) is 36.3 Å². The first-order chi connectivity index (χ1) is 5.37. The van der Waals surface area contributed by atoms with Gasteiger partial charge in [0.05, 0.1) is 0 Å². The fourth-order valence-corrected chi connectivity index (χ4v) is 1.74. The van der Waals surface area contributed by atoms with Crippen molar-refractivity contribution in [1.82, 2.24) is 0 Å². The Morgan fingerprint density at radius 2 is 2.00 bits per heavy atom. The van der Waals surface area contributed by atoms with Crippen molar-refractivity contribution in [3.63, 3.8) is 0 Å². The average Bonchev–Trinajstić information content (AvgIpc) is 2.86. The highest BCUT2D eigenvalue weighted by molar-refractivity contribution is 5.30. The van der Waals surface area contributed by atoms with Crippen LogP contribution >= 0.6 is 0 Å². The van der Waals surface area contributed by atoms with Crippen molar-refractivity contribution < 1.29 is 0 Å². The zero-order valence-corrected chi connectivity index (χ0v) is 6.93. The second-order valence-electron chi connectivity index (χ2n) is 3.42. The molecule has 0 bridgehead atoms. The van der Waals surface area contributed by atoms with E-state index in [-0.39, 0.29) is 0 Å². The predicted molar refractivity (Wildman–Crippen MR) is 46.5 cm³/mol. The number of rotatable bonds is 2. The minimum atomic E-state index is 0.565. The summed E-state index contributed by atoms with van der Waals surface area (Å²) >= 11 is 0. The third-order valence-electron chi connectivity index (χ3n) is 2.86. The Labute approximate surface area is 68.3 Å². The molecule has 1 aliphatic carbocycles. The van der Waals surface area contributed by atoms with E-state index in [0.717, 1.165) is 0 Å². The van der Waals surface area contributed by atoms with Gasteiger partial charge in [-0.15, -0.1) is 0 Å². The van der Waals surface area contributed by atoms with E-state index < -0.39 is 0 Å². The maximum absolute atomic E-state index is 3.06. The Balaban J connectivity index is 2.30. The predicted octanol–water partition coefficient (Wildman–Crippen LogP) is 2.93. The van der Waals surface area contributed by atoms with Gasteiger partial charge in [-0.25, -0.2) is 0 Å². The highest BCUT2D eigenvalue weighted by atomic mass is 14.5. The van der Waals surface area contributed by atoms with Crippen LogP contribution in [0.3, 0.4) is 0 Å². The Morgan fingerprint density at radius 3 is 2.45 bits per heavy atom. The molecule has 0 amide bonds. The molecule has 57 valence electrons. The summed E-state index contributed by atoms with van der Waals surface area (Å²) < 4.78 is 0. The third kappa shape index (κ3) is 1.07. The molecule has 0 atom stereocenters. The standard InChI is InChI=1S/C11H13/c1-2-11(8-9-11)10-6-4-3-5-7-10/h4-7H,2,8-9H2,1H3. The normalized spacial score (nSPS) is 19.7. The van der Waals surface area contributed by atoms with Crippen LogP contribution in [0.15, 0.2) is 24.3 Å². The molecule has 0 saturated heterocycles. The van der Waals surface area contributed by atoms with Crippen molar-refractivity contribution in [2.45, 2.75) is 31.6 Å². The highest BCUT2D eigenvalue weighted by Gasteiger charge is 2.41. The molecule has 1 aliphatic rings. The van der Waals surface area contributed by atoms with Crippen molar-refractivity contribution in [2.75, 3.05) is 0 Å². The first kappa shape index (κ1) is 6.90. The van der Waals surface area contributed by atoms with Gasteiger partial charge in [0.1, 0.15) is 0 Å². The summed E-state index contributed by atoms with van der Waals surface area (Å²) in [6.45, 7) is 2.28. The molecule has 0 unspecified atom stereocenters. The van der Waals surface area contributed by atoms with Gasteiger partial charge >= 0.3 is 0 Å². The minimum absolute atomic E-state index is 0.565. The van der Waals surface area contributed by atoms with Gasteiger partial charge in [0.15, 0.2) is 0 Å². The van der Waals surface area contributed by atoms with Gasteiger partial charge in [-0.3, -0.25) is 0 Å². The molecule has 0 N–H and O–H groups in total. The van der Waals surface area contributed by atoms with E-state index in [1.54, 1.807) is 0 Å². The molecule has 0 heterocycles. The second-order valence-corrected chi connectivity index (χ2v) is 3.42. The number of hydrogen-bond donors (Lipinski definition) is 0. The van der Waals surface area contributed by atoms with E-state index in [2.05, 4.69) is 25.1 Å². The van der Waals surface area contributed by atoms with Crippen LogP contribution in [0.1, 0.15) is 31.7 Å². The van der Waals surface area contributed by atoms with Crippen LogP contribution in [0.5, 0.6) is 0 Å². The first-order valence-corrected chi connectivity index (χ1v) is 4.34. The zero-order valence-electron chi connectivity index (χ0n) is 6.93. The van der Waals surface area contributed by atoms with Crippen LogP contribution in [0, 0.1) is 6.07 Å². The van der Waals surface area contributed by atoms with Crippen molar-refractivity contribution >= 4 is 0 Å². The maximum atomic E-state index is 3.06. The van der Waals surface area contributed by atoms with E-state index in [9.17, 15) is 0 Å². The Hall–Kier alpha value is -0.780. The lowest BCUT2D eigenvalue weighted by atomic mass is 9.94. The molecular weight excluding hydrogens is 132 g/mol. The zero-order chi connectivity index (χ0) is 7.73. The summed E-state index contributed by atoms with van der Waals surface area (Å²) in [5.74, 6) is 0. The van der Waals surface area contributed by atoms with Gasteiger partial charge in [0.2, 0.25) is 0 Å². The molecule has 0 nitrogen and oxygen atoms in total. The highest BCUT2D eigenvalue weighted by Crippen LogP contribution is 2.50. The Morgan fingerprint density at radius 1 is 1.36 bits per heavy atom. The molecule has 1 aromatic carbocycles. The SMILES string of the molecule is CCC1(c2cc[c]cc2)CC1. The monoisotopic (exact) mass is 145 g/mol. The van der Waals surface area contributed by atoms with Gasteiger partial charge in [0, 0.05) is 0 Å².